The SMILES string of the molecule is O=C([O-])[O-].O=C([O-])[O-].O=C([O-])[O-].O=C([O-])[O-].O=C([O-])[O-].O=C([O-])[O-].O=C([O-])[O-].[Ce+3].[Fe+3].[La+3].[Mg+2].[Nd+3]. The summed E-state index contributed by atoms with van der Waals surface area (Å²) in [4.78, 5) is 58.3. The van der Waals surface area contributed by atoms with Crippen molar-refractivity contribution in [3.05, 3.63) is 0 Å². The molecule has 0 fully saturated rings. The minimum Gasteiger partial charge on any atom is -0.652 e. The Labute approximate surface area is 301 Å². The molecule has 0 saturated carbocycles. The van der Waals surface area contributed by atoms with E-state index in [0.717, 1.165) is 0 Å². The molecule has 0 aliphatic heterocycles. The van der Waals surface area contributed by atoms with Crippen molar-refractivity contribution in [2.75, 3.05) is 0 Å². The van der Waals surface area contributed by atoms with E-state index < -0.39 is 43.1 Å². The number of carboxylic acid groups (broad SMARTS) is 14. The topological polar surface area (TPSA) is 442 Å². The summed E-state index contributed by atoms with van der Waals surface area (Å²) in [5.74, 6) is 0. The summed E-state index contributed by atoms with van der Waals surface area (Å²) in [6.45, 7) is 0. The monoisotopic (exact) mass is 921 g/mol. The van der Waals surface area contributed by atoms with E-state index in [-0.39, 0.29) is 158 Å². The first kappa shape index (κ1) is 76.6. The number of carbonyl (C=O) groups excluding carboxylic acids is 7. The Morgan fingerprint density at radius 3 is 0.333 bits per heavy atom. The number of carbonyl (C=O) groups is 7. The average molecular weight is 923 g/mol. The molecule has 0 atom stereocenters. The third-order valence-corrected chi connectivity index (χ3v) is 0. The molecule has 0 aromatic carbocycles. The third-order valence-electron chi connectivity index (χ3n) is 0. The molecule has 0 N–H and O–H groups in total. The van der Waals surface area contributed by atoms with Crippen molar-refractivity contribution in [2.24, 2.45) is 0 Å². The van der Waals surface area contributed by atoms with Crippen molar-refractivity contribution in [1.82, 2.24) is 0 Å². The van der Waals surface area contributed by atoms with Crippen LogP contribution in [0.5, 0.6) is 0 Å². The Kier molecular flexibility index (Phi) is 162. The van der Waals surface area contributed by atoms with Gasteiger partial charge in [-0.25, -0.2) is 0 Å². The Morgan fingerprint density at radius 1 is 0.333 bits per heavy atom. The van der Waals surface area contributed by atoms with Gasteiger partial charge in [-0.2, -0.15) is 0 Å². The molecule has 175 valence electrons. The van der Waals surface area contributed by atoms with Crippen LogP contribution in [0.15, 0.2) is 0 Å². The molecule has 0 spiro atoms. The molecule has 33 heavy (non-hydrogen) atoms. The summed E-state index contributed by atoms with van der Waals surface area (Å²) in [7, 11) is 0. The van der Waals surface area contributed by atoms with Gasteiger partial charge in [0, 0.05) is 0 Å². The van der Waals surface area contributed by atoms with E-state index in [1.54, 1.807) is 0 Å². The van der Waals surface area contributed by atoms with Crippen molar-refractivity contribution in [2.45, 2.75) is 0 Å². The summed E-state index contributed by atoms with van der Waals surface area (Å²) in [6, 6.07) is 0. The van der Waals surface area contributed by atoms with Gasteiger partial charge in [-0.3, -0.25) is 0 Å². The molecule has 26 heteroatoms. The third kappa shape index (κ3) is 3040000. The summed E-state index contributed by atoms with van der Waals surface area (Å²) in [5.41, 5.74) is 0. The molecule has 0 aliphatic carbocycles. The Hall–Kier alpha value is 0.0978. The molecule has 0 heterocycles. The van der Waals surface area contributed by atoms with E-state index in [9.17, 15) is 0 Å². The summed E-state index contributed by atoms with van der Waals surface area (Å²) < 4.78 is 0. The molecule has 0 rings (SSSR count). The van der Waals surface area contributed by atoms with E-state index in [1.807, 2.05) is 0 Å². The number of rotatable bonds is 0. The maximum absolute atomic E-state index is 8.33. The van der Waals surface area contributed by atoms with Crippen LogP contribution in [-0.4, -0.2) is 66.1 Å². The van der Waals surface area contributed by atoms with Crippen LogP contribution in [-0.2, 0) is 17.1 Å². The van der Waals surface area contributed by atoms with Gasteiger partial charge in [0.1, 0.15) is 0 Å². The molecule has 0 saturated heterocycles. The van der Waals surface area contributed by atoms with Gasteiger partial charge in [0.25, 0.3) is 0 Å². The molecule has 0 aliphatic rings. The second-order valence-electron chi connectivity index (χ2n) is 1.75. The van der Waals surface area contributed by atoms with Crippen LogP contribution < -0.4 is 71.5 Å². The Balaban J connectivity index is -0.0000000152. The molecular weight excluding hydrogens is 923 g/mol. The van der Waals surface area contributed by atoms with Crippen LogP contribution in [0.1, 0.15) is 0 Å². The van der Waals surface area contributed by atoms with Crippen molar-refractivity contribution in [3.63, 3.8) is 0 Å². The van der Waals surface area contributed by atoms with Crippen LogP contribution in [0, 0.1) is 118 Å². The predicted molar refractivity (Wildman–Crippen MR) is 43.5 cm³/mol. The van der Waals surface area contributed by atoms with Gasteiger partial charge in [0.15, 0.2) is 0 Å². The number of hydrogen-bond donors (Lipinski definition) is 0. The van der Waals surface area contributed by atoms with Gasteiger partial charge in [-0.05, 0) is 43.1 Å². The Morgan fingerprint density at radius 2 is 0.333 bits per heavy atom. The molecule has 0 amide bonds. The van der Waals surface area contributed by atoms with Crippen molar-refractivity contribution >= 4 is 66.1 Å². The van der Waals surface area contributed by atoms with Gasteiger partial charge in [0.2, 0.25) is 0 Å². The van der Waals surface area contributed by atoms with Gasteiger partial charge in [-0.15, -0.1) is 0 Å². The molecule has 0 bridgehead atoms. The van der Waals surface area contributed by atoms with Crippen LogP contribution in [0.4, 0.5) is 33.6 Å². The standard InChI is InChI=1S/7CH2O3.Ce.Fe.La.Mg.Nd/c7*2-1(3)4;;;;;/h7*(H2,2,3,4);;;;;/q;;;;;;;3*+3;+2;+3/p-14. The van der Waals surface area contributed by atoms with Gasteiger partial charge >= 0.3 is 158 Å². The second kappa shape index (κ2) is 69.7. The zero-order valence-corrected chi connectivity index (χ0v) is 27.2. The van der Waals surface area contributed by atoms with E-state index in [0.29, 0.717) is 0 Å². The number of hydrogen-bond acceptors (Lipinski definition) is 21. The van der Waals surface area contributed by atoms with Gasteiger partial charge < -0.3 is 105 Å². The van der Waals surface area contributed by atoms with Crippen LogP contribution >= 0.6 is 0 Å². The molecule has 0 unspecified atom stereocenters. The maximum atomic E-state index is 8.33. The summed E-state index contributed by atoms with van der Waals surface area (Å²) >= 11 is 0. The molecular formula is C7CeFeLaMgNdO21. The van der Waals surface area contributed by atoms with Gasteiger partial charge in [0.05, 0.1) is 0 Å². The van der Waals surface area contributed by atoms with Crippen molar-refractivity contribution < 1.29 is 240 Å². The van der Waals surface area contributed by atoms with E-state index in [1.165, 1.54) is 0 Å². The smallest absolute Gasteiger partial charge is 0.652 e. The first-order chi connectivity index (χ1) is 12.1. The van der Waals surface area contributed by atoms with E-state index in [2.05, 4.69) is 0 Å². The Bertz CT molecular complexity index is 334. The first-order valence-corrected chi connectivity index (χ1v) is 4.29. The first-order valence-electron chi connectivity index (χ1n) is 4.29. The molecule has 0 aromatic heterocycles. The zero-order valence-electron chi connectivity index (χ0n) is 14.7. The molecule has 0 aromatic rings. The van der Waals surface area contributed by atoms with Crippen LogP contribution in [0.3, 0.4) is 0 Å². The van der Waals surface area contributed by atoms with Crippen LogP contribution in [0.2, 0.25) is 0 Å². The van der Waals surface area contributed by atoms with Crippen molar-refractivity contribution in [1.29, 1.82) is 0 Å². The normalized spacial score (nSPS) is 5.09. The summed E-state index contributed by atoms with van der Waals surface area (Å²) in [6.07, 6.45) is -16.3. The summed E-state index contributed by atoms with van der Waals surface area (Å²) in [5, 5.41) is 117. The van der Waals surface area contributed by atoms with Crippen molar-refractivity contribution in [3.8, 4) is 0 Å². The largest absolute Gasteiger partial charge is 3.00 e. The predicted octanol–water partition coefficient (Wildman–Crippen LogP) is -17.5. The zero-order chi connectivity index (χ0) is 25.0. The van der Waals surface area contributed by atoms with Crippen LogP contribution in [0.25, 0.3) is 0 Å². The van der Waals surface area contributed by atoms with E-state index in [4.69, 9.17) is 105 Å². The molecule has 21 nitrogen and oxygen atoms in total. The minimum atomic E-state index is -2.33. The fourth-order valence-electron chi connectivity index (χ4n) is 0. The maximum Gasteiger partial charge on any atom is 3.00 e. The fraction of sp³-hybridized carbons (Fsp3) is 0. The van der Waals surface area contributed by atoms with E-state index >= 15 is 0 Å². The minimum absolute atomic E-state index is 0. The quantitative estimate of drug-likeness (QED) is 0.204. The second-order valence-corrected chi connectivity index (χ2v) is 1.75. The molecule has 3 radical (unpaired) electrons. The van der Waals surface area contributed by atoms with Gasteiger partial charge in [-0.1, -0.05) is 0 Å². The average Bonchev–Trinajstić information content (AvgIpc) is 2.20. The fourth-order valence-corrected chi connectivity index (χ4v) is 0.